The van der Waals surface area contributed by atoms with Gasteiger partial charge < -0.3 is 5.32 Å². The third-order valence-electron chi connectivity index (χ3n) is 3.56. The van der Waals surface area contributed by atoms with E-state index in [1.807, 2.05) is 13.8 Å². The van der Waals surface area contributed by atoms with Crippen LogP contribution < -0.4 is 10.0 Å². The molecule has 0 bridgehead atoms. The largest absolute Gasteiger partial charge is 0.314 e. The van der Waals surface area contributed by atoms with Crippen LogP contribution in [0.3, 0.4) is 0 Å². The summed E-state index contributed by atoms with van der Waals surface area (Å²) in [4.78, 5) is 2.38. The molecule has 0 atom stereocenters. The summed E-state index contributed by atoms with van der Waals surface area (Å²) in [6.07, 6.45) is 0. The topological polar surface area (TPSA) is 64.7 Å². The molecule has 0 unspecified atom stereocenters. The Labute approximate surface area is 110 Å². The van der Waals surface area contributed by atoms with Crippen LogP contribution in [0.4, 0.5) is 0 Å². The predicted molar refractivity (Wildman–Crippen MR) is 71.6 cm³/mol. The molecule has 106 valence electrons. The van der Waals surface area contributed by atoms with Crippen LogP contribution in [0.1, 0.15) is 13.8 Å². The van der Waals surface area contributed by atoms with Gasteiger partial charge in [0.1, 0.15) is 0 Å². The average Bonchev–Trinajstić information content (AvgIpc) is 2.25. The lowest BCUT2D eigenvalue weighted by atomic mass is 10.1. The highest BCUT2D eigenvalue weighted by Crippen LogP contribution is 2.11. The van der Waals surface area contributed by atoms with Gasteiger partial charge in [0.25, 0.3) is 10.2 Å². The normalized spacial score (nSPS) is 24.4. The van der Waals surface area contributed by atoms with Gasteiger partial charge in [-0.1, -0.05) is 13.8 Å². The summed E-state index contributed by atoms with van der Waals surface area (Å²) in [5, 5.41) is 3.25. The smallest absolute Gasteiger partial charge is 0.279 e. The molecule has 0 amide bonds. The maximum absolute atomic E-state index is 12.0. The van der Waals surface area contributed by atoms with E-state index in [1.165, 1.54) is 0 Å². The molecule has 2 aliphatic rings. The highest BCUT2D eigenvalue weighted by molar-refractivity contribution is 7.87. The fraction of sp³-hybridized carbons (Fsp3) is 1.00. The van der Waals surface area contributed by atoms with Crippen LogP contribution in [-0.2, 0) is 10.2 Å². The van der Waals surface area contributed by atoms with Gasteiger partial charge >= 0.3 is 0 Å². The molecule has 0 aliphatic carbocycles. The van der Waals surface area contributed by atoms with Crippen molar-refractivity contribution in [3.63, 3.8) is 0 Å². The van der Waals surface area contributed by atoms with Crippen molar-refractivity contribution >= 4 is 10.2 Å². The molecule has 6 nitrogen and oxygen atoms in total. The summed E-state index contributed by atoms with van der Waals surface area (Å²) in [6.45, 7) is 9.48. The van der Waals surface area contributed by atoms with Gasteiger partial charge in [-0.2, -0.15) is 12.7 Å². The van der Waals surface area contributed by atoms with E-state index in [1.54, 1.807) is 4.31 Å². The van der Waals surface area contributed by atoms with Crippen LogP contribution in [0, 0.1) is 5.92 Å². The van der Waals surface area contributed by atoms with Crippen molar-refractivity contribution in [1.82, 2.24) is 19.2 Å². The van der Waals surface area contributed by atoms with Crippen molar-refractivity contribution < 1.29 is 8.42 Å². The molecule has 2 saturated heterocycles. The number of piperazine rings is 1. The van der Waals surface area contributed by atoms with E-state index in [9.17, 15) is 8.42 Å². The minimum atomic E-state index is -3.28. The number of rotatable bonds is 5. The Balaban J connectivity index is 1.80. The van der Waals surface area contributed by atoms with Gasteiger partial charge in [0.2, 0.25) is 0 Å². The van der Waals surface area contributed by atoms with E-state index >= 15 is 0 Å². The first-order valence-corrected chi connectivity index (χ1v) is 8.12. The van der Waals surface area contributed by atoms with Gasteiger partial charge in [0.05, 0.1) is 0 Å². The maximum atomic E-state index is 12.0. The lowest BCUT2D eigenvalue weighted by Crippen LogP contribution is -2.62. The van der Waals surface area contributed by atoms with Gasteiger partial charge in [-0.05, 0) is 5.92 Å². The standard InChI is InChI=1S/C11H24N4O2S/c1-10(2)7-13-18(16,17)15-5-3-14(4-6-15)11-8-12-9-11/h10-13H,3-9H2,1-2H3. The molecule has 2 N–H and O–H groups in total. The van der Waals surface area contributed by atoms with Crippen LogP contribution in [-0.4, -0.2) is 69.5 Å². The molecule has 18 heavy (non-hydrogen) atoms. The lowest BCUT2D eigenvalue weighted by molar-refractivity contribution is 0.103. The van der Waals surface area contributed by atoms with Gasteiger partial charge in [-0.25, -0.2) is 4.72 Å². The number of nitrogens with zero attached hydrogens (tertiary/aromatic N) is 2. The Hall–Kier alpha value is -0.210. The molecule has 0 aromatic rings. The average molecular weight is 276 g/mol. The summed E-state index contributed by atoms with van der Waals surface area (Å²) in [5.41, 5.74) is 0. The van der Waals surface area contributed by atoms with Crippen molar-refractivity contribution in [1.29, 1.82) is 0 Å². The predicted octanol–water partition coefficient (Wildman–Crippen LogP) is -0.934. The Morgan fingerprint density at radius 3 is 2.28 bits per heavy atom. The number of nitrogens with one attached hydrogen (secondary N) is 2. The quantitative estimate of drug-likeness (QED) is 0.681. The highest BCUT2D eigenvalue weighted by Gasteiger charge is 2.31. The van der Waals surface area contributed by atoms with Crippen LogP contribution >= 0.6 is 0 Å². The second-order valence-corrected chi connectivity index (χ2v) is 7.25. The van der Waals surface area contributed by atoms with Crippen molar-refractivity contribution in [2.75, 3.05) is 45.8 Å². The molecule has 2 fully saturated rings. The number of hydrogen-bond donors (Lipinski definition) is 2. The zero-order valence-corrected chi connectivity index (χ0v) is 12.0. The van der Waals surface area contributed by atoms with E-state index in [0.717, 1.165) is 26.2 Å². The monoisotopic (exact) mass is 276 g/mol. The maximum Gasteiger partial charge on any atom is 0.279 e. The Bertz CT molecular complexity index is 359. The highest BCUT2D eigenvalue weighted by atomic mass is 32.2. The fourth-order valence-electron chi connectivity index (χ4n) is 2.20. The Kier molecular flexibility index (Phi) is 4.60. The summed E-state index contributed by atoms with van der Waals surface area (Å²) >= 11 is 0. The molecule has 0 aromatic heterocycles. The van der Waals surface area contributed by atoms with E-state index in [4.69, 9.17) is 0 Å². The summed E-state index contributed by atoms with van der Waals surface area (Å²) < 4.78 is 28.3. The zero-order chi connectivity index (χ0) is 13.2. The zero-order valence-electron chi connectivity index (χ0n) is 11.2. The van der Waals surface area contributed by atoms with Crippen molar-refractivity contribution in [3.05, 3.63) is 0 Å². The molecule has 0 radical (unpaired) electrons. The van der Waals surface area contributed by atoms with E-state index in [-0.39, 0.29) is 0 Å². The van der Waals surface area contributed by atoms with Crippen LogP contribution in [0.2, 0.25) is 0 Å². The Morgan fingerprint density at radius 2 is 1.83 bits per heavy atom. The number of hydrogen-bond acceptors (Lipinski definition) is 4. The van der Waals surface area contributed by atoms with Gasteiger partial charge in [-0.15, -0.1) is 0 Å². The second kappa shape index (κ2) is 5.83. The Morgan fingerprint density at radius 1 is 1.22 bits per heavy atom. The molecular weight excluding hydrogens is 252 g/mol. The first-order valence-electron chi connectivity index (χ1n) is 6.68. The molecule has 2 rings (SSSR count). The van der Waals surface area contributed by atoms with Crippen molar-refractivity contribution in [2.45, 2.75) is 19.9 Å². The molecule has 0 saturated carbocycles. The minimum Gasteiger partial charge on any atom is -0.314 e. The van der Waals surface area contributed by atoms with E-state index < -0.39 is 10.2 Å². The first kappa shape index (κ1) is 14.2. The summed E-state index contributed by atoms with van der Waals surface area (Å²) in [5.74, 6) is 0.335. The first-order chi connectivity index (χ1) is 8.49. The van der Waals surface area contributed by atoms with Crippen LogP contribution in [0.25, 0.3) is 0 Å². The van der Waals surface area contributed by atoms with Crippen molar-refractivity contribution in [3.8, 4) is 0 Å². The van der Waals surface area contributed by atoms with Crippen LogP contribution in [0.5, 0.6) is 0 Å². The fourth-order valence-corrected chi connectivity index (χ4v) is 3.57. The second-order valence-electron chi connectivity index (χ2n) is 5.49. The van der Waals surface area contributed by atoms with E-state index in [0.29, 0.717) is 31.6 Å². The molecule has 0 aromatic carbocycles. The third-order valence-corrected chi connectivity index (χ3v) is 5.14. The third kappa shape index (κ3) is 3.42. The summed E-state index contributed by atoms with van der Waals surface area (Å²) in [6, 6.07) is 0.610. The van der Waals surface area contributed by atoms with Gasteiger partial charge in [0.15, 0.2) is 0 Å². The molecular formula is C11H24N4O2S. The van der Waals surface area contributed by atoms with Crippen LogP contribution in [0.15, 0.2) is 0 Å². The SMILES string of the molecule is CC(C)CNS(=O)(=O)N1CCN(C2CNC2)CC1. The molecule has 7 heteroatoms. The van der Waals surface area contributed by atoms with E-state index in [2.05, 4.69) is 14.9 Å². The lowest BCUT2D eigenvalue weighted by Gasteiger charge is -2.42. The van der Waals surface area contributed by atoms with Gasteiger partial charge in [0, 0.05) is 51.9 Å². The molecule has 0 spiro atoms. The van der Waals surface area contributed by atoms with Gasteiger partial charge in [-0.3, -0.25) is 4.90 Å². The molecule has 2 heterocycles. The molecule has 2 aliphatic heterocycles. The minimum absolute atomic E-state index is 0.335. The van der Waals surface area contributed by atoms with Crippen molar-refractivity contribution in [2.24, 2.45) is 5.92 Å². The summed E-state index contributed by atoms with van der Waals surface area (Å²) in [7, 11) is -3.28.